The van der Waals surface area contributed by atoms with Gasteiger partial charge in [-0.05, 0) is 54.3 Å². The minimum atomic E-state index is -3.05. The third-order valence-corrected chi connectivity index (χ3v) is 6.99. The van der Waals surface area contributed by atoms with Gasteiger partial charge in [0.1, 0.15) is 5.75 Å². The Kier molecular flexibility index (Phi) is 4.03. The van der Waals surface area contributed by atoms with E-state index in [-0.39, 0.29) is 17.4 Å². The summed E-state index contributed by atoms with van der Waals surface area (Å²) in [7, 11) is -3.05. The number of nitrogens with one attached hydrogen (secondary N) is 1. The van der Waals surface area contributed by atoms with Gasteiger partial charge in [-0.1, -0.05) is 18.2 Å². The van der Waals surface area contributed by atoms with E-state index < -0.39 is 15.4 Å². The van der Waals surface area contributed by atoms with Gasteiger partial charge in [-0.2, -0.15) is 0 Å². The molecular formula is C20H21NO4S. The van der Waals surface area contributed by atoms with Crippen LogP contribution in [0.2, 0.25) is 0 Å². The normalized spacial score (nSPS) is 23.3. The number of sulfone groups is 1. The summed E-state index contributed by atoms with van der Waals surface area (Å²) in [6.07, 6.45) is 1.38. The molecule has 1 fully saturated rings. The van der Waals surface area contributed by atoms with Gasteiger partial charge < -0.3 is 10.1 Å². The van der Waals surface area contributed by atoms with E-state index in [4.69, 9.17) is 4.74 Å². The molecule has 0 spiro atoms. The van der Waals surface area contributed by atoms with Crippen molar-refractivity contribution >= 4 is 15.7 Å². The molecule has 2 aliphatic heterocycles. The minimum absolute atomic E-state index is 0.00101. The predicted octanol–water partition coefficient (Wildman–Crippen LogP) is 2.60. The number of carbonyl (C=O) groups is 1. The maximum absolute atomic E-state index is 12.5. The monoisotopic (exact) mass is 371 g/mol. The Bertz CT molecular complexity index is 966. The standard InChI is InChI=1S/C20H21NO4S/c1-20(9-11-26(23,24)13-20)21-19(22)15-4-2-14(3-5-15)16-6-7-18-17(12-16)8-10-25-18/h2-7,12H,8-11,13H2,1H3,(H,21,22)/t20-/m0/s1. The van der Waals surface area contributed by atoms with Crippen LogP contribution in [0.1, 0.15) is 29.3 Å². The lowest BCUT2D eigenvalue weighted by molar-refractivity contribution is 0.0915. The van der Waals surface area contributed by atoms with Gasteiger partial charge in [-0.15, -0.1) is 0 Å². The van der Waals surface area contributed by atoms with Crippen molar-refractivity contribution in [3.8, 4) is 16.9 Å². The molecule has 0 aromatic heterocycles. The molecule has 0 radical (unpaired) electrons. The van der Waals surface area contributed by atoms with Crippen LogP contribution in [0.15, 0.2) is 42.5 Å². The van der Waals surface area contributed by atoms with Crippen molar-refractivity contribution in [3.63, 3.8) is 0 Å². The highest BCUT2D eigenvalue weighted by atomic mass is 32.2. The summed E-state index contributed by atoms with van der Waals surface area (Å²) in [5.41, 5.74) is 3.18. The van der Waals surface area contributed by atoms with Crippen molar-refractivity contribution in [1.82, 2.24) is 5.32 Å². The second kappa shape index (κ2) is 6.13. The average Bonchev–Trinajstić information content (AvgIpc) is 3.18. The molecule has 6 heteroatoms. The molecule has 136 valence electrons. The summed E-state index contributed by atoms with van der Waals surface area (Å²) in [4.78, 5) is 12.5. The summed E-state index contributed by atoms with van der Waals surface area (Å²) in [5.74, 6) is 0.842. The third-order valence-electron chi connectivity index (χ3n) is 5.09. The van der Waals surface area contributed by atoms with Crippen molar-refractivity contribution < 1.29 is 17.9 Å². The summed E-state index contributed by atoms with van der Waals surface area (Å²) in [6, 6.07) is 13.5. The van der Waals surface area contributed by atoms with E-state index in [1.165, 1.54) is 5.56 Å². The van der Waals surface area contributed by atoms with Crippen LogP contribution in [0, 0.1) is 0 Å². The number of hydrogen-bond acceptors (Lipinski definition) is 4. The van der Waals surface area contributed by atoms with E-state index in [1.54, 1.807) is 19.1 Å². The lowest BCUT2D eigenvalue weighted by Gasteiger charge is -2.23. The van der Waals surface area contributed by atoms with Crippen molar-refractivity contribution in [2.24, 2.45) is 0 Å². The molecule has 0 aliphatic carbocycles. The molecule has 0 unspecified atom stereocenters. The van der Waals surface area contributed by atoms with Crippen LogP contribution in [0.3, 0.4) is 0 Å². The van der Waals surface area contributed by atoms with Gasteiger partial charge in [0.25, 0.3) is 5.91 Å². The second-order valence-electron chi connectivity index (χ2n) is 7.36. The highest BCUT2D eigenvalue weighted by molar-refractivity contribution is 7.91. The molecule has 5 nitrogen and oxygen atoms in total. The number of rotatable bonds is 3. The Balaban J connectivity index is 1.50. The van der Waals surface area contributed by atoms with E-state index in [1.807, 2.05) is 24.3 Å². The molecule has 1 saturated heterocycles. The average molecular weight is 371 g/mol. The van der Waals surface area contributed by atoms with Gasteiger partial charge in [0.05, 0.1) is 23.7 Å². The molecule has 26 heavy (non-hydrogen) atoms. The smallest absolute Gasteiger partial charge is 0.251 e. The quantitative estimate of drug-likeness (QED) is 0.900. The van der Waals surface area contributed by atoms with E-state index in [0.29, 0.717) is 12.0 Å². The summed E-state index contributed by atoms with van der Waals surface area (Å²) < 4.78 is 28.9. The molecule has 0 saturated carbocycles. The highest BCUT2D eigenvalue weighted by Gasteiger charge is 2.39. The molecule has 2 heterocycles. The van der Waals surface area contributed by atoms with Crippen LogP contribution in [0.4, 0.5) is 0 Å². The zero-order valence-electron chi connectivity index (χ0n) is 14.6. The van der Waals surface area contributed by atoms with Crippen LogP contribution in [0.5, 0.6) is 5.75 Å². The summed E-state index contributed by atoms with van der Waals surface area (Å²) >= 11 is 0. The van der Waals surface area contributed by atoms with Crippen LogP contribution < -0.4 is 10.1 Å². The fourth-order valence-corrected chi connectivity index (χ4v) is 5.73. The topological polar surface area (TPSA) is 72.5 Å². The van der Waals surface area contributed by atoms with Gasteiger partial charge in [0, 0.05) is 12.0 Å². The van der Waals surface area contributed by atoms with Crippen molar-refractivity contribution in [3.05, 3.63) is 53.6 Å². The van der Waals surface area contributed by atoms with Crippen LogP contribution in [-0.2, 0) is 16.3 Å². The number of hydrogen-bond donors (Lipinski definition) is 1. The van der Waals surface area contributed by atoms with Gasteiger partial charge in [-0.25, -0.2) is 8.42 Å². The van der Waals surface area contributed by atoms with E-state index in [0.717, 1.165) is 29.9 Å². The Morgan fingerprint density at radius 1 is 1.12 bits per heavy atom. The first-order valence-corrected chi connectivity index (χ1v) is 10.5. The fourth-order valence-electron chi connectivity index (χ4n) is 3.64. The molecule has 1 atom stereocenters. The van der Waals surface area contributed by atoms with Crippen LogP contribution >= 0.6 is 0 Å². The van der Waals surface area contributed by atoms with Gasteiger partial charge in [0.2, 0.25) is 0 Å². The first-order valence-electron chi connectivity index (χ1n) is 8.73. The summed E-state index contributed by atoms with van der Waals surface area (Å²) in [6.45, 7) is 2.52. The number of benzene rings is 2. The largest absolute Gasteiger partial charge is 0.493 e. The lowest BCUT2D eigenvalue weighted by Crippen LogP contribution is -2.46. The second-order valence-corrected chi connectivity index (χ2v) is 9.54. The van der Waals surface area contributed by atoms with Gasteiger partial charge in [-0.3, -0.25) is 4.79 Å². The Morgan fingerprint density at radius 3 is 2.54 bits per heavy atom. The first kappa shape index (κ1) is 17.1. The first-order chi connectivity index (χ1) is 12.3. The molecule has 0 bridgehead atoms. The zero-order valence-corrected chi connectivity index (χ0v) is 15.4. The van der Waals surface area contributed by atoms with Gasteiger partial charge >= 0.3 is 0 Å². The number of amides is 1. The van der Waals surface area contributed by atoms with Crippen LogP contribution in [0.25, 0.3) is 11.1 Å². The predicted molar refractivity (Wildman–Crippen MR) is 100 cm³/mol. The van der Waals surface area contributed by atoms with Crippen molar-refractivity contribution in [1.29, 1.82) is 0 Å². The van der Waals surface area contributed by atoms with E-state index >= 15 is 0 Å². The molecule has 4 rings (SSSR count). The SMILES string of the molecule is C[C@]1(NC(=O)c2ccc(-c3ccc4c(c3)CCO4)cc2)CCS(=O)(=O)C1. The Labute approximate surface area is 153 Å². The molecule has 2 aliphatic rings. The number of carbonyl (C=O) groups excluding carboxylic acids is 1. The fraction of sp³-hybridized carbons (Fsp3) is 0.350. The van der Waals surface area contributed by atoms with E-state index in [9.17, 15) is 13.2 Å². The van der Waals surface area contributed by atoms with E-state index in [2.05, 4.69) is 11.4 Å². The highest BCUT2D eigenvalue weighted by Crippen LogP contribution is 2.30. The molecular weight excluding hydrogens is 350 g/mol. The Morgan fingerprint density at radius 2 is 1.85 bits per heavy atom. The maximum atomic E-state index is 12.5. The lowest BCUT2D eigenvalue weighted by atomic mass is 9.99. The number of fused-ring (bicyclic) bond motifs is 1. The molecule has 1 N–H and O–H groups in total. The number of ether oxygens (including phenoxy) is 1. The Hall–Kier alpha value is -2.34. The molecule has 2 aromatic carbocycles. The van der Waals surface area contributed by atoms with Gasteiger partial charge in [0.15, 0.2) is 9.84 Å². The minimum Gasteiger partial charge on any atom is -0.493 e. The van der Waals surface area contributed by atoms with Crippen LogP contribution in [-0.4, -0.2) is 38.0 Å². The van der Waals surface area contributed by atoms with Crippen molar-refractivity contribution in [2.45, 2.75) is 25.3 Å². The maximum Gasteiger partial charge on any atom is 0.251 e. The summed E-state index contributed by atoms with van der Waals surface area (Å²) in [5, 5.41) is 2.89. The zero-order chi connectivity index (χ0) is 18.4. The van der Waals surface area contributed by atoms with Crippen molar-refractivity contribution in [2.75, 3.05) is 18.1 Å². The third kappa shape index (κ3) is 3.33. The molecule has 1 amide bonds. The molecule has 2 aromatic rings.